The number of nitro groups is 1. The maximum Gasteiger partial charge on any atom is 0.379 e. The molecule has 17 heavy (non-hydrogen) atoms. The van der Waals surface area contributed by atoms with E-state index in [0.717, 1.165) is 13.2 Å². The normalized spacial score (nSPS) is 10.4. The van der Waals surface area contributed by atoms with Gasteiger partial charge in [0.25, 0.3) is 6.43 Å². The number of pyridine rings is 1. The molecule has 0 bridgehead atoms. The van der Waals surface area contributed by atoms with Gasteiger partial charge >= 0.3 is 11.8 Å². The average molecular weight is 358 g/mol. The Morgan fingerprint density at radius 1 is 1.65 bits per heavy atom. The molecule has 0 fully saturated rings. The Bertz CT molecular complexity index is 481. The predicted octanol–water partition coefficient (Wildman–Crippen LogP) is 2.32. The van der Waals surface area contributed by atoms with E-state index in [4.69, 9.17) is 0 Å². The number of carbonyl (C=O) groups is 1. The van der Waals surface area contributed by atoms with E-state index < -0.39 is 34.3 Å². The molecule has 92 valence electrons. The van der Waals surface area contributed by atoms with Crippen LogP contribution in [0.1, 0.15) is 22.3 Å². The van der Waals surface area contributed by atoms with E-state index in [0.29, 0.717) is 0 Å². The average Bonchev–Trinajstić information content (AvgIpc) is 2.26. The van der Waals surface area contributed by atoms with Gasteiger partial charge in [-0.1, -0.05) is 0 Å². The van der Waals surface area contributed by atoms with Crippen LogP contribution in [0.15, 0.2) is 6.07 Å². The van der Waals surface area contributed by atoms with Gasteiger partial charge in [-0.25, -0.2) is 13.6 Å². The highest BCUT2D eigenvalue weighted by Crippen LogP contribution is 2.30. The molecule has 0 aliphatic carbocycles. The number of esters is 1. The number of nitrogens with zero attached hydrogens (tertiary/aromatic N) is 2. The Kier molecular flexibility index (Phi) is 4.26. The molecule has 0 atom stereocenters. The van der Waals surface area contributed by atoms with E-state index >= 15 is 0 Å². The van der Waals surface area contributed by atoms with Gasteiger partial charge < -0.3 is 14.9 Å². The number of rotatable bonds is 3. The second kappa shape index (κ2) is 5.29. The molecule has 0 radical (unpaired) electrons. The zero-order valence-corrected chi connectivity index (χ0v) is 10.5. The second-order valence-electron chi connectivity index (χ2n) is 2.78. The molecule has 0 N–H and O–H groups in total. The van der Waals surface area contributed by atoms with Gasteiger partial charge in [0.05, 0.1) is 7.11 Å². The number of methoxy groups -OCH3 is 1. The first-order chi connectivity index (χ1) is 7.88. The highest BCUT2D eigenvalue weighted by molar-refractivity contribution is 14.1. The first-order valence-electron chi connectivity index (χ1n) is 4.09. The molecule has 1 aromatic rings. The Hall–Kier alpha value is -1.39. The van der Waals surface area contributed by atoms with Crippen LogP contribution in [0, 0.1) is 13.8 Å². The van der Waals surface area contributed by atoms with Crippen molar-refractivity contribution in [2.45, 2.75) is 6.43 Å². The standard InChI is InChI=1S/C8H5F2IN2O4/c1-17-8(14)5-3(6(9)10)2-4(11)12-7(5)13(15)16/h2,6H,1H3. The molecule has 0 unspecified atom stereocenters. The third-order valence-corrected chi connectivity index (χ3v) is 2.35. The number of hydrogen-bond donors (Lipinski definition) is 0. The van der Waals surface area contributed by atoms with Crippen LogP contribution in [-0.4, -0.2) is 23.0 Å². The lowest BCUT2D eigenvalue weighted by atomic mass is 10.1. The molecule has 0 amide bonds. The van der Waals surface area contributed by atoms with E-state index in [-0.39, 0.29) is 3.70 Å². The number of ether oxygens (including phenoxy) is 1. The highest BCUT2D eigenvalue weighted by atomic mass is 127. The summed E-state index contributed by atoms with van der Waals surface area (Å²) in [5, 5.41) is 10.7. The highest BCUT2D eigenvalue weighted by Gasteiger charge is 2.31. The van der Waals surface area contributed by atoms with Gasteiger partial charge in [0.2, 0.25) is 3.70 Å². The molecule has 0 saturated carbocycles. The minimum atomic E-state index is -3.03. The summed E-state index contributed by atoms with van der Waals surface area (Å²) >= 11 is 1.55. The maximum atomic E-state index is 12.7. The lowest BCUT2D eigenvalue weighted by Gasteiger charge is -2.06. The smallest absolute Gasteiger partial charge is 0.379 e. The van der Waals surface area contributed by atoms with Gasteiger partial charge in [-0.05, 0) is 9.91 Å². The van der Waals surface area contributed by atoms with Crippen molar-refractivity contribution in [3.05, 3.63) is 31.0 Å². The third-order valence-electron chi connectivity index (χ3n) is 1.80. The molecule has 1 heterocycles. The molecule has 1 aromatic heterocycles. The fraction of sp³-hybridized carbons (Fsp3) is 0.250. The summed E-state index contributed by atoms with van der Waals surface area (Å²) < 4.78 is 29.6. The van der Waals surface area contributed by atoms with Crippen LogP contribution in [0.2, 0.25) is 0 Å². The minimum absolute atomic E-state index is 0.00254. The largest absolute Gasteiger partial charge is 0.465 e. The maximum absolute atomic E-state index is 12.7. The Labute approximate surface area is 107 Å². The van der Waals surface area contributed by atoms with Crippen molar-refractivity contribution in [2.24, 2.45) is 0 Å². The van der Waals surface area contributed by atoms with Crippen molar-refractivity contribution in [1.29, 1.82) is 0 Å². The monoisotopic (exact) mass is 358 g/mol. The van der Waals surface area contributed by atoms with Gasteiger partial charge in [0.15, 0.2) is 5.56 Å². The van der Waals surface area contributed by atoms with Crippen molar-refractivity contribution in [2.75, 3.05) is 7.11 Å². The molecule has 0 aliphatic rings. The van der Waals surface area contributed by atoms with E-state index in [2.05, 4.69) is 9.72 Å². The van der Waals surface area contributed by atoms with Crippen molar-refractivity contribution in [3.8, 4) is 0 Å². The molecule has 9 heteroatoms. The molecule has 0 spiro atoms. The second-order valence-corrected chi connectivity index (χ2v) is 3.89. The summed E-state index contributed by atoms with van der Waals surface area (Å²) in [6.07, 6.45) is -3.03. The molecule has 6 nitrogen and oxygen atoms in total. The summed E-state index contributed by atoms with van der Waals surface area (Å²) in [6.45, 7) is 0. The lowest BCUT2D eigenvalue weighted by Crippen LogP contribution is -2.12. The van der Waals surface area contributed by atoms with Crippen LogP contribution in [0.3, 0.4) is 0 Å². The summed E-state index contributed by atoms with van der Waals surface area (Å²) in [6, 6.07) is 0.907. The molecule has 0 aliphatic heterocycles. The summed E-state index contributed by atoms with van der Waals surface area (Å²) in [7, 11) is 0.944. The van der Waals surface area contributed by atoms with Crippen LogP contribution in [-0.2, 0) is 4.74 Å². The van der Waals surface area contributed by atoms with Crippen molar-refractivity contribution in [3.63, 3.8) is 0 Å². The summed E-state index contributed by atoms with van der Waals surface area (Å²) in [5.41, 5.74) is -1.57. The van der Waals surface area contributed by atoms with Gasteiger partial charge in [0, 0.05) is 34.2 Å². The van der Waals surface area contributed by atoms with E-state index in [1.54, 1.807) is 22.6 Å². The Morgan fingerprint density at radius 2 is 2.24 bits per heavy atom. The van der Waals surface area contributed by atoms with Crippen molar-refractivity contribution < 1.29 is 23.2 Å². The van der Waals surface area contributed by atoms with Crippen LogP contribution >= 0.6 is 22.6 Å². The first kappa shape index (κ1) is 13.7. The van der Waals surface area contributed by atoms with E-state index in [1.807, 2.05) is 0 Å². The zero-order valence-electron chi connectivity index (χ0n) is 8.32. The van der Waals surface area contributed by atoms with Gasteiger partial charge in [-0.3, -0.25) is 0 Å². The zero-order chi connectivity index (χ0) is 13.2. The van der Waals surface area contributed by atoms with Gasteiger partial charge in [-0.2, -0.15) is 0 Å². The Morgan fingerprint density at radius 3 is 2.65 bits per heavy atom. The fourth-order valence-electron chi connectivity index (χ4n) is 1.13. The number of alkyl halides is 2. The lowest BCUT2D eigenvalue weighted by molar-refractivity contribution is -0.390. The Balaban J connectivity index is 3.59. The molecule has 1 rings (SSSR count). The molecule has 0 saturated heterocycles. The first-order valence-corrected chi connectivity index (χ1v) is 5.17. The van der Waals surface area contributed by atoms with Crippen molar-refractivity contribution in [1.82, 2.24) is 4.98 Å². The number of hydrogen-bond acceptors (Lipinski definition) is 5. The minimum Gasteiger partial charge on any atom is -0.465 e. The number of carbonyl (C=O) groups excluding carboxylic acids is 1. The fourth-order valence-corrected chi connectivity index (χ4v) is 1.70. The number of halogens is 3. The van der Waals surface area contributed by atoms with Crippen LogP contribution in [0.4, 0.5) is 14.6 Å². The third kappa shape index (κ3) is 2.84. The van der Waals surface area contributed by atoms with Crippen LogP contribution < -0.4 is 0 Å². The molecular formula is C8H5F2IN2O4. The quantitative estimate of drug-likeness (QED) is 0.272. The van der Waals surface area contributed by atoms with E-state index in [1.165, 1.54) is 0 Å². The number of aromatic nitrogens is 1. The van der Waals surface area contributed by atoms with Crippen LogP contribution in [0.25, 0.3) is 0 Å². The molecule has 0 aromatic carbocycles. The van der Waals surface area contributed by atoms with Gasteiger partial charge in [0.1, 0.15) is 0 Å². The summed E-state index contributed by atoms with van der Waals surface area (Å²) in [5.74, 6) is -2.14. The predicted molar refractivity (Wildman–Crippen MR) is 59.9 cm³/mol. The van der Waals surface area contributed by atoms with E-state index in [9.17, 15) is 23.7 Å². The SMILES string of the molecule is COC(=O)c1c(C(F)F)cc(I)nc1[N+](=O)[O-]. The van der Waals surface area contributed by atoms with Crippen molar-refractivity contribution >= 4 is 34.4 Å². The van der Waals surface area contributed by atoms with Crippen LogP contribution in [0.5, 0.6) is 0 Å². The summed E-state index contributed by atoms with van der Waals surface area (Å²) in [4.78, 5) is 24.4. The molecular weight excluding hydrogens is 353 g/mol. The topological polar surface area (TPSA) is 82.3 Å². The van der Waals surface area contributed by atoms with Gasteiger partial charge in [-0.15, -0.1) is 0 Å².